The number of nitrogens with one attached hydrogen (secondary N) is 1. The summed E-state index contributed by atoms with van der Waals surface area (Å²) in [5.41, 5.74) is 6.81. The van der Waals surface area contributed by atoms with E-state index in [1.54, 1.807) is 33.0 Å². The second-order valence-corrected chi connectivity index (χ2v) is 10.6. The molecule has 2 aliphatic rings. The van der Waals surface area contributed by atoms with Gasteiger partial charge in [0, 0.05) is 43.2 Å². The summed E-state index contributed by atoms with van der Waals surface area (Å²) in [6.07, 6.45) is -3.42. The molecule has 14 heteroatoms. The summed E-state index contributed by atoms with van der Waals surface area (Å²) in [7, 11) is 0. The zero-order chi connectivity index (χ0) is 29.4. The number of nitrogens with zero attached hydrogens (tertiary/aromatic N) is 6. The van der Waals surface area contributed by atoms with Gasteiger partial charge in [-0.15, -0.1) is 0 Å². The summed E-state index contributed by atoms with van der Waals surface area (Å²) in [6, 6.07) is 5.55. The van der Waals surface area contributed by atoms with E-state index < -0.39 is 12.3 Å². The van der Waals surface area contributed by atoms with Crippen LogP contribution in [0.1, 0.15) is 49.2 Å². The van der Waals surface area contributed by atoms with Gasteiger partial charge in [0.05, 0.1) is 12.3 Å². The van der Waals surface area contributed by atoms with Crippen LogP contribution in [0.25, 0.3) is 5.82 Å². The summed E-state index contributed by atoms with van der Waals surface area (Å²) < 4.78 is 55.3. The Hall–Kier alpha value is -3.94. The Morgan fingerprint density at radius 2 is 1.93 bits per heavy atom. The Bertz CT molecular complexity index is 1400. The number of carbonyl (C=O) groups excluding carboxylic acids is 1. The summed E-state index contributed by atoms with van der Waals surface area (Å²) >= 11 is 0. The largest absolute Gasteiger partial charge is 0.465 e. The summed E-state index contributed by atoms with van der Waals surface area (Å²) in [5, 5.41) is 7.52. The van der Waals surface area contributed by atoms with E-state index in [9.17, 15) is 18.0 Å². The standard InChI is InChI=1S/C27H33F3N8O3/c1-4-40-24(39)19-14-26(15-32-19)8-11-37(12-9-26)20-13-21(35-25(31)34-20)41-22(27(28,29)30)18-6-5-16(2)33-23(18)38-10-7-17(3)36-38/h5-7,10,13,19,22,32H,4,8-9,11-12,14-15H2,1-3H3,(H2,31,34,35)/t19-,22+/m0/s1. The highest BCUT2D eigenvalue weighted by molar-refractivity contribution is 5.76. The number of ether oxygens (including phenoxy) is 2. The second kappa shape index (κ2) is 11.1. The molecule has 3 aromatic rings. The van der Waals surface area contributed by atoms with E-state index in [-0.39, 0.29) is 40.6 Å². The van der Waals surface area contributed by atoms with Crippen LogP contribution in [0, 0.1) is 19.3 Å². The number of nitrogen functional groups attached to an aromatic ring is 1. The summed E-state index contributed by atoms with van der Waals surface area (Å²) in [4.78, 5) is 26.7. The first kappa shape index (κ1) is 28.6. The number of anilines is 2. The molecule has 2 aliphatic heterocycles. The van der Waals surface area contributed by atoms with Crippen LogP contribution in [-0.4, -0.2) is 69.2 Å². The Labute approximate surface area is 235 Å². The van der Waals surface area contributed by atoms with Crippen molar-refractivity contribution in [2.45, 2.75) is 58.4 Å². The maximum absolute atomic E-state index is 14.4. The van der Waals surface area contributed by atoms with Gasteiger partial charge in [0.2, 0.25) is 17.9 Å². The van der Waals surface area contributed by atoms with Crippen molar-refractivity contribution in [1.29, 1.82) is 0 Å². The monoisotopic (exact) mass is 574 g/mol. The van der Waals surface area contributed by atoms with Crippen molar-refractivity contribution in [3.05, 3.63) is 47.4 Å². The minimum Gasteiger partial charge on any atom is -0.465 e. The lowest BCUT2D eigenvalue weighted by atomic mass is 9.76. The van der Waals surface area contributed by atoms with Crippen molar-refractivity contribution >= 4 is 17.7 Å². The molecule has 3 N–H and O–H groups in total. The second-order valence-electron chi connectivity index (χ2n) is 10.6. The molecule has 0 radical (unpaired) electrons. The molecule has 41 heavy (non-hydrogen) atoms. The molecule has 0 bridgehead atoms. The SMILES string of the molecule is CCOC(=O)[C@@H]1CC2(CCN(c3cc(O[C@H](c4ccc(C)nc4-n4ccc(C)n4)C(F)(F)F)nc(N)n3)CC2)CN1. The van der Waals surface area contributed by atoms with Gasteiger partial charge >= 0.3 is 12.1 Å². The van der Waals surface area contributed by atoms with Crippen molar-refractivity contribution in [2.75, 3.05) is 36.9 Å². The van der Waals surface area contributed by atoms with E-state index in [0.29, 0.717) is 49.9 Å². The summed E-state index contributed by atoms with van der Waals surface area (Å²) in [6.45, 7) is 7.39. The molecule has 0 unspecified atom stereocenters. The van der Waals surface area contributed by atoms with Gasteiger partial charge in [-0.2, -0.15) is 28.2 Å². The molecule has 0 saturated carbocycles. The number of hydrogen-bond acceptors (Lipinski definition) is 10. The number of alkyl halides is 3. The number of esters is 1. The first-order valence-electron chi connectivity index (χ1n) is 13.5. The third-order valence-electron chi connectivity index (χ3n) is 7.59. The lowest BCUT2D eigenvalue weighted by molar-refractivity contribution is -0.198. The molecule has 0 amide bonds. The minimum absolute atomic E-state index is 0.00954. The zero-order valence-electron chi connectivity index (χ0n) is 23.1. The summed E-state index contributed by atoms with van der Waals surface area (Å²) in [5.74, 6) is -0.362. The minimum atomic E-state index is -4.80. The van der Waals surface area contributed by atoms with Gasteiger partial charge in [-0.05, 0) is 63.6 Å². The Morgan fingerprint density at radius 1 is 1.17 bits per heavy atom. The zero-order valence-corrected chi connectivity index (χ0v) is 23.1. The van der Waals surface area contributed by atoms with Gasteiger partial charge in [-0.3, -0.25) is 4.79 Å². The van der Waals surface area contributed by atoms with Gasteiger partial charge in [0.1, 0.15) is 11.9 Å². The van der Waals surface area contributed by atoms with Crippen LogP contribution in [0.2, 0.25) is 0 Å². The third-order valence-corrected chi connectivity index (χ3v) is 7.59. The molecule has 2 fully saturated rings. The van der Waals surface area contributed by atoms with Gasteiger partial charge in [0.25, 0.3) is 0 Å². The van der Waals surface area contributed by atoms with E-state index in [1.807, 2.05) is 4.90 Å². The van der Waals surface area contributed by atoms with Gasteiger partial charge < -0.3 is 25.4 Å². The van der Waals surface area contributed by atoms with Crippen molar-refractivity contribution in [3.8, 4) is 11.7 Å². The number of hydrogen-bond donors (Lipinski definition) is 2. The fraction of sp³-hybridized carbons (Fsp3) is 0.519. The fourth-order valence-corrected chi connectivity index (χ4v) is 5.47. The van der Waals surface area contributed by atoms with Crippen LogP contribution in [0.15, 0.2) is 30.5 Å². The van der Waals surface area contributed by atoms with E-state index in [0.717, 1.165) is 12.8 Å². The average molecular weight is 575 g/mol. The molecule has 2 atom stereocenters. The Balaban J connectivity index is 1.36. The highest BCUT2D eigenvalue weighted by Gasteiger charge is 2.46. The normalized spacial score (nSPS) is 19.4. The van der Waals surface area contributed by atoms with Gasteiger partial charge in [-0.1, -0.05) is 0 Å². The van der Waals surface area contributed by atoms with Crippen LogP contribution >= 0.6 is 0 Å². The van der Waals surface area contributed by atoms with Crippen LogP contribution in [0.5, 0.6) is 5.88 Å². The van der Waals surface area contributed by atoms with Gasteiger partial charge in [0.15, 0.2) is 5.82 Å². The lowest BCUT2D eigenvalue weighted by Crippen LogP contribution is -2.41. The molecule has 2 saturated heterocycles. The number of aromatic nitrogens is 5. The molecule has 0 aromatic carbocycles. The third kappa shape index (κ3) is 6.21. The molecule has 11 nitrogen and oxygen atoms in total. The van der Waals surface area contributed by atoms with Crippen molar-refractivity contribution < 1.29 is 27.4 Å². The van der Waals surface area contributed by atoms with Crippen molar-refractivity contribution in [3.63, 3.8) is 0 Å². The molecule has 5 rings (SSSR count). The van der Waals surface area contributed by atoms with Crippen LogP contribution in [0.4, 0.5) is 24.9 Å². The average Bonchev–Trinajstić information content (AvgIpc) is 3.54. The lowest BCUT2D eigenvalue weighted by Gasteiger charge is -2.39. The molecule has 0 aliphatic carbocycles. The number of carbonyl (C=O) groups is 1. The first-order chi connectivity index (χ1) is 19.5. The molecule has 220 valence electrons. The Kier molecular flexibility index (Phi) is 7.77. The molecular weight excluding hydrogens is 541 g/mol. The quantitative estimate of drug-likeness (QED) is 0.404. The molecular formula is C27H33F3N8O3. The predicted octanol–water partition coefficient (Wildman–Crippen LogP) is 3.45. The van der Waals surface area contributed by atoms with Crippen LogP contribution < -0.4 is 20.7 Å². The first-order valence-corrected chi connectivity index (χ1v) is 13.5. The van der Waals surface area contributed by atoms with Crippen molar-refractivity contribution in [1.82, 2.24) is 30.0 Å². The van der Waals surface area contributed by atoms with E-state index in [2.05, 4.69) is 25.4 Å². The predicted molar refractivity (Wildman–Crippen MR) is 144 cm³/mol. The number of aryl methyl sites for hydroxylation is 2. The number of pyridine rings is 1. The van der Waals surface area contributed by atoms with Crippen LogP contribution in [-0.2, 0) is 9.53 Å². The highest BCUT2D eigenvalue weighted by Crippen LogP contribution is 2.42. The Morgan fingerprint density at radius 3 is 2.59 bits per heavy atom. The van der Waals surface area contributed by atoms with E-state index >= 15 is 0 Å². The highest BCUT2D eigenvalue weighted by atomic mass is 19.4. The molecule has 3 aromatic heterocycles. The maximum Gasteiger partial charge on any atom is 0.429 e. The van der Waals surface area contributed by atoms with E-state index in [1.165, 1.54) is 22.9 Å². The maximum atomic E-state index is 14.4. The van der Waals surface area contributed by atoms with Crippen molar-refractivity contribution in [2.24, 2.45) is 5.41 Å². The van der Waals surface area contributed by atoms with E-state index in [4.69, 9.17) is 15.2 Å². The molecule has 5 heterocycles. The molecule has 1 spiro atoms. The van der Waals surface area contributed by atoms with Gasteiger partial charge in [-0.25, -0.2) is 9.67 Å². The smallest absolute Gasteiger partial charge is 0.429 e. The number of nitrogens with two attached hydrogens (primary N) is 1. The number of halogens is 3. The number of piperidine rings is 1. The fourth-order valence-electron chi connectivity index (χ4n) is 5.47. The van der Waals surface area contributed by atoms with Crippen LogP contribution in [0.3, 0.4) is 0 Å². The topological polar surface area (TPSA) is 133 Å². The number of rotatable bonds is 7.